The van der Waals surface area contributed by atoms with E-state index in [2.05, 4.69) is 27.7 Å². The Balaban J connectivity index is 4.17. The van der Waals surface area contributed by atoms with Gasteiger partial charge in [-0.3, -0.25) is 14.4 Å². The largest absolute Gasteiger partial charge is 0.462 e. The average molecular weight is 695 g/mol. The molecule has 1 atom stereocenters. The minimum atomic E-state index is -0.756. The highest BCUT2D eigenvalue weighted by atomic mass is 16.6. The topological polar surface area (TPSA) is 78.9 Å². The van der Waals surface area contributed by atoms with E-state index in [-0.39, 0.29) is 31.1 Å². The zero-order valence-corrected chi connectivity index (χ0v) is 33.1. The molecule has 0 aromatic heterocycles. The first-order valence-electron chi connectivity index (χ1n) is 21.4. The van der Waals surface area contributed by atoms with Gasteiger partial charge >= 0.3 is 17.9 Å². The van der Waals surface area contributed by atoms with Gasteiger partial charge in [0.2, 0.25) is 0 Å². The molecule has 0 aromatic rings. The molecule has 0 N–H and O–H groups in total. The van der Waals surface area contributed by atoms with Gasteiger partial charge in [-0.2, -0.15) is 0 Å². The molecule has 0 fully saturated rings. The normalized spacial score (nSPS) is 11.9. The monoisotopic (exact) mass is 695 g/mol. The third-order valence-electron chi connectivity index (χ3n) is 9.54. The first kappa shape index (κ1) is 47.4. The molecule has 6 nitrogen and oxygen atoms in total. The first-order valence-corrected chi connectivity index (χ1v) is 21.4. The summed E-state index contributed by atoms with van der Waals surface area (Å²) < 4.78 is 16.6. The van der Waals surface area contributed by atoms with Crippen LogP contribution in [0.3, 0.4) is 0 Å². The maximum atomic E-state index is 12.5. The third kappa shape index (κ3) is 37.5. The molecule has 6 heteroatoms. The van der Waals surface area contributed by atoms with Crippen LogP contribution in [0.4, 0.5) is 0 Å². The van der Waals surface area contributed by atoms with E-state index >= 15 is 0 Å². The maximum Gasteiger partial charge on any atom is 0.306 e. The number of hydrogen-bond acceptors (Lipinski definition) is 6. The van der Waals surface area contributed by atoms with E-state index in [1.165, 1.54) is 122 Å². The van der Waals surface area contributed by atoms with Gasteiger partial charge in [0, 0.05) is 19.3 Å². The second-order valence-electron chi connectivity index (χ2n) is 15.1. The lowest BCUT2D eigenvalue weighted by Crippen LogP contribution is -2.30. The van der Waals surface area contributed by atoms with Crippen LogP contribution in [-0.2, 0) is 28.6 Å². The number of ether oxygens (including phenoxy) is 3. The fourth-order valence-corrected chi connectivity index (χ4v) is 6.27. The van der Waals surface area contributed by atoms with Crippen molar-refractivity contribution in [1.82, 2.24) is 0 Å². The Kier molecular flexibility index (Phi) is 36.4. The van der Waals surface area contributed by atoms with Crippen molar-refractivity contribution in [2.24, 2.45) is 5.92 Å². The molecular formula is C43H82O6. The lowest BCUT2D eigenvalue weighted by molar-refractivity contribution is -0.167. The van der Waals surface area contributed by atoms with E-state index in [0.717, 1.165) is 70.1 Å². The Labute approximate surface area is 304 Å². The summed E-state index contributed by atoms with van der Waals surface area (Å²) in [5.41, 5.74) is 0. The van der Waals surface area contributed by atoms with Gasteiger partial charge in [0.05, 0.1) is 0 Å². The summed E-state index contributed by atoms with van der Waals surface area (Å²) in [5, 5.41) is 0. The van der Waals surface area contributed by atoms with Crippen LogP contribution in [0, 0.1) is 5.92 Å². The number of esters is 3. The van der Waals surface area contributed by atoms with Crippen LogP contribution in [0.25, 0.3) is 0 Å². The van der Waals surface area contributed by atoms with Crippen molar-refractivity contribution in [3.05, 3.63) is 0 Å². The molecular weight excluding hydrogens is 612 g/mol. The fraction of sp³-hybridized carbons (Fsp3) is 0.930. The molecule has 0 unspecified atom stereocenters. The number of carbonyl (C=O) groups is 3. The van der Waals surface area contributed by atoms with E-state index in [1.807, 2.05) is 0 Å². The molecule has 0 bridgehead atoms. The number of rotatable bonds is 38. The van der Waals surface area contributed by atoms with Crippen molar-refractivity contribution < 1.29 is 28.6 Å². The molecule has 0 rings (SSSR count). The van der Waals surface area contributed by atoms with Gasteiger partial charge in [0.1, 0.15) is 13.2 Å². The van der Waals surface area contributed by atoms with E-state index in [1.54, 1.807) is 0 Å². The third-order valence-corrected chi connectivity index (χ3v) is 9.54. The van der Waals surface area contributed by atoms with Gasteiger partial charge in [-0.05, 0) is 25.2 Å². The van der Waals surface area contributed by atoms with Crippen molar-refractivity contribution in [3.8, 4) is 0 Å². The van der Waals surface area contributed by atoms with Crippen molar-refractivity contribution in [2.75, 3.05) is 13.2 Å². The Hall–Kier alpha value is -1.59. The molecule has 0 aliphatic rings. The zero-order valence-electron chi connectivity index (χ0n) is 33.1. The number of unbranched alkanes of at least 4 members (excludes halogenated alkanes) is 25. The van der Waals surface area contributed by atoms with Gasteiger partial charge in [0.15, 0.2) is 6.10 Å². The van der Waals surface area contributed by atoms with Gasteiger partial charge in [-0.25, -0.2) is 0 Å². The molecule has 0 spiro atoms. The molecule has 290 valence electrons. The first-order chi connectivity index (χ1) is 23.9. The molecule has 0 amide bonds. The van der Waals surface area contributed by atoms with Crippen LogP contribution in [0.2, 0.25) is 0 Å². The standard InChI is InChI=1S/C43H82O6/c1-5-7-9-11-12-13-14-15-16-20-23-27-30-34-41(44)47-37-40(49-43(46)36-32-25-10-8-6-2)38-48-42(45)35-31-28-24-21-18-17-19-22-26-29-33-39(3)4/h39-40H,5-38H2,1-4H3/t40-/m1/s1. The molecule has 0 saturated carbocycles. The molecule has 0 aliphatic carbocycles. The minimum Gasteiger partial charge on any atom is -0.462 e. The Morgan fingerprint density at radius 2 is 0.673 bits per heavy atom. The van der Waals surface area contributed by atoms with E-state index in [0.29, 0.717) is 19.3 Å². The summed E-state index contributed by atoms with van der Waals surface area (Å²) in [6.45, 7) is 8.89. The van der Waals surface area contributed by atoms with Crippen LogP contribution >= 0.6 is 0 Å². The predicted octanol–water partition coefficient (Wildman–Crippen LogP) is 13.2. The molecule has 0 radical (unpaired) electrons. The van der Waals surface area contributed by atoms with Crippen molar-refractivity contribution >= 4 is 17.9 Å². The SMILES string of the molecule is CCCCCCCCCCCCCCCC(=O)OC[C@H](COC(=O)CCCCCCCCCCCCC(C)C)OC(=O)CCCCCCC. The van der Waals surface area contributed by atoms with Crippen molar-refractivity contribution in [3.63, 3.8) is 0 Å². The van der Waals surface area contributed by atoms with Crippen molar-refractivity contribution in [2.45, 2.75) is 239 Å². The summed E-state index contributed by atoms with van der Waals surface area (Å²) in [7, 11) is 0. The summed E-state index contributed by atoms with van der Waals surface area (Å²) in [5.74, 6) is -0.0542. The summed E-state index contributed by atoms with van der Waals surface area (Å²) in [6.07, 6.45) is 35.4. The number of carbonyl (C=O) groups excluding carboxylic acids is 3. The Bertz CT molecular complexity index is 736. The second kappa shape index (κ2) is 37.7. The number of hydrogen-bond donors (Lipinski definition) is 0. The second-order valence-corrected chi connectivity index (χ2v) is 15.1. The molecule has 0 heterocycles. The lowest BCUT2D eigenvalue weighted by Gasteiger charge is -2.18. The average Bonchev–Trinajstić information content (AvgIpc) is 3.08. The molecule has 49 heavy (non-hydrogen) atoms. The summed E-state index contributed by atoms with van der Waals surface area (Å²) in [4.78, 5) is 37.3. The van der Waals surface area contributed by atoms with Crippen LogP contribution in [0.5, 0.6) is 0 Å². The minimum absolute atomic E-state index is 0.0656. The Morgan fingerprint density at radius 1 is 0.388 bits per heavy atom. The van der Waals surface area contributed by atoms with E-state index in [9.17, 15) is 14.4 Å². The zero-order chi connectivity index (χ0) is 36.0. The lowest BCUT2D eigenvalue weighted by atomic mass is 10.0. The van der Waals surface area contributed by atoms with Crippen LogP contribution in [0.1, 0.15) is 233 Å². The van der Waals surface area contributed by atoms with E-state index in [4.69, 9.17) is 14.2 Å². The molecule has 0 aromatic carbocycles. The van der Waals surface area contributed by atoms with Crippen LogP contribution < -0.4 is 0 Å². The predicted molar refractivity (Wildman–Crippen MR) is 206 cm³/mol. The fourth-order valence-electron chi connectivity index (χ4n) is 6.27. The summed E-state index contributed by atoms with van der Waals surface area (Å²) in [6, 6.07) is 0. The van der Waals surface area contributed by atoms with Gasteiger partial charge in [-0.15, -0.1) is 0 Å². The highest BCUT2D eigenvalue weighted by Gasteiger charge is 2.19. The summed E-state index contributed by atoms with van der Waals surface area (Å²) >= 11 is 0. The molecule has 0 aliphatic heterocycles. The maximum absolute atomic E-state index is 12.5. The quantitative estimate of drug-likeness (QED) is 0.0364. The highest BCUT2D eigenvalue weighted by Crippen LogP contribution is 2.16. The van der Waals surface area contributed by atoms with E-state index < -0.39 is 6.10 Å². The van der Waals surface area contributed by atoms with Crippen molar-refractivity contribution in [1.29, 1.82) is 0 Å². The highest BCUT2D eigenvalue weighted by molar-refractivity contribution is 5.71. The van der Waals surface area contributed by atoms with Gasteiger partial charge in [-0.1, -0.05) is 195 Å². The van der Waals surface area contributed by atoms with Crippen LogP contribution in [-0.4, -0.2) is 37.2 Å². The van der Waals surface area contributed by atoms with Crippen LogP contribution in [0.15, 0.2) is 0 Å². The van der Waals surface area contributed by atoms with Gasteiger partial charge < -0.3 is 14.2 Å². The van der Waals surface area contributed by atoms with Gasteiger partial charge in [0.25, 0.3) is 0 Å². The molecule has 0 saturated heterocycles. The Morgan fingerprint density at radius 3 is 1.00 bits per heavy atom. The smallest absolute Gasteiger partial charge is 0.306 e.